The molecule has 0 amide bonds. The second kappa shape index (κ2) is 10.6. The molecule has 222 valence electrons. The van der Waals surface area contributed by atoms with Crippen molar-refractivity contribution in [3.8, 4) is 44.8 Å². The molecule has 0 aliphatic heterocycles. The molecule has 2 aromatic heterocycles. The third kappa shape index (κ3) is 4.27. The summed E-state index contributed by atoms with van der Waals surface area (Å²) in [4.78, 5) is 9.89. The van der Waals surface area contributed by atoms with Crippen LogP contribution in [-0.4, -0.2) is 9.97 Å². The van der Waals surface area contributed by atoms with Gasteiger partial charge in [-0.15, -0.1) is 0 Å². The summed E-state index contributed by atoms with van der Waals surface area (Å²) in [5.41, 5.74) is 11.1. The molecule has 0 aliphatic carbocycles. The molecule has 10 aromatic rings. The molecule has 0 aliphatic rings. The molecule has 48 heavy (non-hydrogen) atoms. The summed E-state index contributed by atoms with van der Waals surface area (Å²) < 4.78 is 0. The number of nitrogens with zero attached hydrogens (tertiary/aromatic N) is 2. The van der Waals surface area contributed by atoms with Crippen molar-refractivity contribution in [2.45, 2.75) is 0 Å². The number of benzene rings is 8. The number of para-hydroxylation sites is 2. The zero-order valence-corrected chi connectivity index (χ0v) is 26.1. The summed E-state index contributed by atoms with van der Waals surface area (Å²) in [6, 6.07) is 61.0. The average Bonchev–Trinajstić information content (AvgIpc) is 3.16. The van der Waals surface area contributed by atoms with Gasteiger partial charge in [0.05, 0.1) is 22.4 Å². The predicted octanol–water partition coefficient (Wildman–Crippen LogP) is 12.3. The highest BCUT2D eigenvalue weighted by Gasteiger charge is 2.17. The molecule has 0 spiro atoms. The normalized spacial score (nSPS) is 11.8. The monoisotopic (exact) mass is 608 g/mol. The molecule has 0 saturated heterocycles. The molecule has 0 fully saturated rings. The van der Waals surface area contributed by atoms with Crippen LogP contribution in [0.3, 0.4) is 0 Å². The predicted molar refractivity (Wildman–Crippen MR) is 202 cm³/mol. The van der Waals surface area contributed by atoms with Gasteiger partial charge in [0.15, 0.2) is 0 Å². The van der Waals surface area contributed by atoms with E-state index in [1.807, 2.05) is 12.1 Å². The lowest BCUT2D eigenvalue weighted by Gasteiger charge is -2.18. The quantitative estimate of drug-likeness (QED) is 0.186. The third-order valence-electron chi connectivity index (χ3n) is 9.83. The van der Waals surface area contributed by atoms with Gasteiger partial charge in [-0.3, -0.25) is 0 Å². The molecule has 0 radical (unpaired) electrons. The van der Waals surface area contributed by atoms with E-state index >= 15 is 0 Å². The summed E-state index contributed by atoms with van der Waals surface area (Å²) in [7, 11) is 0. The fourth-order valence-corrected chi connectivity index (χ4v) is 7.40. The van der Waals surface area contributed by atoms with Crippen LogP contribution in [0.5, 0.6) is 0 Å². The second-order valence-electron chi connectivity index (χ2n) is 12.6. The van der Waals surface area contributed by atoms with Crippen LogP contribution in [0.4, 0.5) is 0 Å². The first-order chi connectivity index (χ1) is 23.8. The van der Waals surface area contributed by atoms with Crippen molar-refractivity contribution in [3.05, 3.63) is 170 Å². The highest BCUT2D eigenvalue weighted by Crippen LogP contribution is 2.44. The van der Waals surface area contributed by atoms with Gasteiger partial charge in [0.1, 0.15) is 0 Å². The van der Waals surface area contributed by atoms with E-state index in [-0.39, 0.29) is 0 Å². The zero-order valence-electron chi connectivity index (χ0n) is 26.1. The van der Waals surface area contributed by atoms with Crippen molar-refractivity contribution in [3.63, 3.8) is 0 Å². The maximum atomic E-state index is 4.95. The maximum Gasteiger partial charge on any atom is 0.0709 e. The van der Waals surface area contributed by atoms with Crippen molar-refractivity contribution in [2.24, 2.45) is 0 Å². The van der Waals surface area contributed by atoms with Gasteiger partial charge in [-0.1, -0.05) is 140 Å². The molecule has 0 atom stereocenters. The zero-order chi connectivity index (χ0) is 31.6. The number of fused-ring (bicyclic) bond motifs is 2. The lowest BCUT2D eigenvalue weighted by molar-refractivity contribution is 1.40. The first-order valence-corrected chi connectivity index (χ1v) is 16.4. The van der Waals surface area contributed by atoms with Crippen LogP contribution in [0.15, 0.2) is 170 Å². The van der Waals surface area contributed by atoms with Crippen molar-refractivity contribution in [1.82, 2.24) is 9.97 Å². The van der Waals surface area contributed by atoms with Crippen molar-refractivity contribution >= 4 is 54.1 Å². The molecule has 8 aromatic carbocycles. The number of hydrogen-bond acceptors (Lipinski definition) is 2. The average molecular weight is 609 g/mol. The molecule has 2 nitrogen and oxygen atoms in total. The van der Waals surface area contributed by atoms with Gasteiger partial charge in [0.25, 0.3) is 0 Å². The van der Waals surface area contributed by atoms with Crippen LogP contribution in [0.2, 0.25) is 0 Å². The smallest absolute Gasteiger partial charge is 0.0709 e. The minimum atomic E-state index is 0.984. The largest absolute Gasteiger partial charge is 0.248 e. The highest BCUT2D eigenvalue weighted by molar-refractivity contribution is 6.28. The molecule has 10 rings (SSSR count). The van der Waals surface area contributed by atoms with E-state index in [2.05, 4.69) is 158 Å². The van der Waals surface area contributed by atoms with E-state index in [4.69, 9.17) is 9.97 Å². The van der Waals surface area contributed by atoms with E-state index in [9.17, 15) is 0 Å². The van der Waals surface area contributed by atoms with Crippen LogP contribution < -0.4 is 0 Å². The van der Waals surface area contributed by atoms with Gasteiger partial charge in [-0.2, -0.15) is 0 Å². The lowest BCUT2D eigenvalue weighted by Crippen LogP contribution is -1.92. The SMILES string of the molecule is c1ccc2nc(-c3ccc(-c4cc(-c5ccc(-c6ccc7ccccc7n6)cc5)c5ccc6cccc7ccc4c5c76)cc3)ccc2c1. The van der Waals surface area contributed by atoms with Gasteiger partial charge in [0, 0.05) is 21.9 Å². The van der Waals surface area contributed by atoms with Crippen LogP contribution in [0.1, 0.15) is 0 Å². The minimum absolute atomic E-state index is 0.984. The van der Waals surface area contributed by atoms with Crippen LogP contribution >= 0.6 is 0 Å². The Morgan fingerprint density at radius 3 is 1.21 bits per heavy atom. The number of pyridine rings is 2. The Bertz CT molecular complexity index is 2630. The standard InChI is InChI=1S/C46H28N2/c1-3-10-41-31(6-1)22-26-43(47-41)33-16-12-29(13-17-33)39-28-40(38-25-21-36-9-5-8-35-20-24-37(39)46(38)45(35)36)30-14-18-34(19-15-30)44-27-23-32-7-2-4-11-42(32)48-44/h1-28H. The Balaban J connectivity index is 1.13. The number of hydrogen-bond donors (Lipinski definition) is 0. The van der Waals surface area contributed by atoms with Gasteiger partial charge >= 0.3 is 0 Å². The summed E-state index contributed by atoms with van der Waals surface area (Å²) >= 11 is 0. The molecule has 2 heterocycles. The Kier molecular flexibility index (Phi) is 5.91. The topological polar surface area (TPSA) is 25.8 Å². The molecule has 0 unspecified atom stereocenters. The molecule has 2 heteroatoms. The Hall–Kier alpha value is -6.38. The fourth-order valence-electron chi connectivity index (χ4n) is 7.40. The lowest BCUT2D eigenvalue weighted by atomic mass is 9.85. The van der Waals surface area contributed by atoms with Crippen LogP contribution in [0, 0.1) is 0 Å². The molecule has 0 N–H and O–H groups in total. The van der Waals surface area contributed by atoms with Crippen molar-refractivity contribution < 1.29 is 0 Å². The van der Waals surface area contributed by atoms with Crippen molar-refractivity contribution in [2.75, 3.05) is 0 Å². The van der Waals surface area contributed by atoms with E-state index in [1.54, 1.807) is 0 Å². The van der Waals surface area contributed by atoms with Crippen LogP contribution in [0.25, 0.3) is 98.9 Å². The summed E-state index contributed by atoms with van der Waals surface area (Å²) in [6.45, 7) is 0. The fraction of sp³-hybridized carbons (Fsp3) is 0. The molecule has 0 saturated carbocycles. The summed E-state index contributed by atoms with van der Waals surface area (Å²) in [5.74, 6) is 0. The van der Waals surface area contributed by atoms with E-state index < -0.39 is 0 Å². The maximum absolute atomic E-state index is 4.95. The Morgan fingerprint density at radius 1 is 0.292 bits per heavy atom. The van der Waals surface area contributed by atoms with Gasteiger partial charge < -0.3 is 0 Å². The second-order valence-corrected chi connectivity index (χ2v) is 12.6. The Labute approximate surface area is 277 Å². The van der Waals surface area contributed by atoms with Crippen molar-refractivity contribution in [1.29, 1.82) is 0 Å². The molecule has 0 bridgehead atoms. The van der Waals surface area contributed by atoms with Gasteiger partial charge in [-0.25, -0.2) is 9.97 Å². The number of rotatable bonds is 4. The van der Waals surface area contributed by atoms with Crippen LogP contribution in [-0.2, 0) is 0 Å². The molecular weight excluding hydrogens is 581 g/mol. The molecular formula is C46H28N2. The summed E-state index contributed by atoms with van der Waals surface area (Å²) in [6.07, 6.45) is 0. The van der Waals surface area contributed by atoms with E-state index in [0.717, 1.165) is 44.3 Å². The van der Waals surface area contributed by atoms with E-state index in [0.29, 0.717) is 0 Å². The van der Waals surface area contributed by atoms with Gasteiger partial charge in [-0.05, 0) is 84.9 Å². The first-order valence-electron chi connectivity index (χ1n) is 16.4. The minimum Gasteiger partial charge on any atom is -0.248 e. The highest BCUT2D eigenvalue weighted by atomic mass is 14.7. The summed E-state index contributed by atoms with van der Waals surface area (Å²) in [5, 5.41) is 10.0. The number of aromatic nitrogens is 2. The first kappa shape index (κ1) is 26.8. The van der Waals surface area contributed by atoms with Gasteiger partial charge in [0.2, 0.25) is 0 Å². The Morgan fingerprint density at radius 2 is 0.708 bits per heavy atom. The van der Waals surface area contributed by atoms with E-state index in [1.165, 1.54) is 54.6 Å². The third-order valence-corrected chi connectivity index (χ3v) is 9.83.